The molecule has 0 aliphatic carbocycles. The molecule has 2 aromatic rings. The van der Waals surface area contributed by atoms with Crippen molar-refractivity contribution < 1.29 is 4.79 Å². The highest BCUT2D eigenvalue weighted by Crippen LogP contribution is 2.29. The van der Waals surface area contributed by atoms with Crippen molar-refractivity contribution in [2.24, 2.45) is 0 Å². The first-order chi connectivity index (χ1) is 11.6. The Morgan fingerprint density at radius 3 is 3.12 bits per heavy atom. The molecule has 0 spiro atoms. The number of nitrogens with one attached hydrogen (secondary N) is 1. The summed E-state index contributed by atoms with van der Waals surface area (Å²) in [5.41, 5.74) is 0.869. The van der Waals surface area contributed by atoms with Crippen molar-refractivity contribution in [2.75, 3.05) is 17.6 Å². The summed E-state index contributed by atoms with van der Waals surface area (Å²) in [5.74, 6) is 0.600. The van der Waals surface area contributed by atoms with Gasteiger partial charge in [0.15, 0.2) is 4.34 Å². The summed E-state index contributed by atoms with van der Waals surface area (Å²) in [5, 5.41) is 12.8. The van der Waals surface area contributed by atoms with Gasteiger partial charge >= 0.3 is 0 Å². The average Bonchev–Trinajstić information content (AvgIpc) is 3.00. The van der Waals surface area contributed by atoms with Crippen molar-refractivity contribution in [2.45, 2.75) is 36.6 Å². The molecule has 0 bridgehead atoms. The summed E-state index contributed by atoms with van der Waals surface area (Å²) < 4.78 is 0.789. The predicted octanol–water partition coefficient (Wildman–Crippen LogP) is 4.43. The van der Waals surface area contributed by atoms with Crippen LogP contribution in [0.5, 0.6) is 0 Å². The van der Waals surface area contributed by atoms with Crippen molar-refractivity contribution in [1.29, 1.82) is 0 Å². The van der Waals surface area contributed by atoms with Crippen molar-refractivity contribution in [3.05, 3.63) is 29.3 Å². The van der Waals surface area contributed by atoms with Crippen molar-refractivity contribution in [3.63, 3.8) is 0 Å². The van der Waals surface area contributed by atoms with Gasteiger partial charge in [-0.3, -0.25) is 4.79 Å². The van der Waals surface area contributed by atoms with Crippen LogP contribution < -0.4 is 5.32 Å². The molecule has 1 aliphatic heterocycles. The van der Waals surface area contributed by atoms with Gasteiger partial charge in [0, 0.05) is 23.3 Å². The van der Waals surface area contributed by atoms with Gasteiger partial charge in [0.25, 0.3) is 0 Å². The predicted molar refractivity (Wildman–Crippen MR) is 100 cm³/mol. The number of anilines is 2. The van der Waals surface area contributed by atoms with Crippen LogP contribution in [0.2, 0.25) is 5.02 Å². The summed E-state index contributed by atoms with van der Waals surface area (Å²) in [4.78, 5) is 14.3. The SMILES string of the molecule is C[C@@H]1CCCCN1C(=O)CSc1nnc(Nc2cccc(Cl)c2)s1. The van der Waals surface area contributed by atoms with E-state index in [1.165, 1.54) is 29.5 Å². The number of carbonyl (C=O) groups excluding carboxylic acids is 1. The Morgan fingerprint density at radius 1 is 1.46 bits per heavy atom. The topological polar surface area (TPSA) is 58.1 Å². The van der Waals surface area contributed by atoms with Gasteiger partial charge in [-0.15, -0.1) is 10.2 Å². The summed E-state index contributed by atoms with van der Waals surface area (Å²) in [7, 11) is 0. The molecule has 2 heterocycles. The lowest BCUT2D eigenvalue weighted by atomic mass is 10.0. The van der Waals surface area contributed by atoms with Crippen LogP contribution >= 0.6 is 34.7 Å². The van der Waals surface area contributed by atoms with Crippen LogP contribution in [0, 0.1) is 0 Å². The normalized spacial score (nSPS) is 17.8. The van der Waals surface area contributed by atoms with E-state index in [4.69, 9.17) is 11.6 Å². The molecule has 1 aromatic carbocycles. The van der Waals surface area contributed by atoms with Crippen LogP contribution in [0.15, 0.2) is 28.6 Å². The zero-order valence-electron chi connectivity index (χ0n) is 13.4. The molecule has 1 fully saturated rings. The monoisotopic (exact) mass is 382 g/mol. The number of aromatic nitrogens is 2. The van der Waals surface area contributed by atoms with Gasteiger partial charge in [-0.2, -0.15) is 0 Å². The van der Waals surface area contributed by atoms with Gasteiger partial charge in [-0.1, -0.05) is 40.8 Å². The molecule has 5 nitrogen and oxygen atoms in total. The lowest BCUT2D eigenvalue weighted by Crippen LogP contribution is -2.42. The number of halogens is 1. The molecule has 1 saturated heterocycles. The van der Waals surface area contributed by atoms with E-state index >= 15 is 0 Å². The largest absolute Gasteiger partial charge is 0.339 e. The quantitative estimate of drug-likeness (QED) is 0.775. The standard InChI is InChI=1S/C16H19ClN4OS2/c1-11-5-2-3-8-21(11)14(22)10-23-16-20-19-15(24-16)18-13-7-4-6-12(17)9-13/h4,6-7,9,11H,2-3,5,8,10H2,1H3,(H,18,19)/t11-/m1/s1. The molecule has 0 saturated carbocycles. The Hall–Kier alpha value is -1.31. The molecule has 8 heteroatoms. The minimum atomic E-state index is 0.187. The molecule has 1 N–H and O–H groups in total. The number of nitrogens with zero attached hydrogens (tertiary/aromatic N) is 3. The fourth-order valence-corrected chi connectivity index (χ4v) is 4.53. The number of hydrogen-bond donors (Lipinski definition) is 1. The van der Waals surface area contributed by atoms with E-state index in [1.54, 1.807) is 0 Å². The third kappa shape index (κ3) is 4.62. The number of rotatable bonds is 5. The lowest BCUT2D eigenvalue weighted by molar-refractivity contribution is -0.131. The van der Waals surface area contributed by atoms with Gasteiger partial charge in [0.2, 0.25) is 11.0 Å². The van der Waals surface area contributed by atoms with Gasteiger partial charge in [0.1, 0.15) is 0 Å². The van der Waals surface area contributed by atoms with Crippen LogP contribution in [0.25, 0.3) is 0 Å². The highest BCUT2D eigenvalue weighted by molar-refractivity contribution is 8.01. The van der Waals surface area contributed by atoms with E-state index in [0.717, 1.165) is 29.4 Å². The zero-order valence-corrected chi connectivity index (χ0v) is 15.8. The molecule has 24 heavy (non-hydrogen) atoms. The fraction of sp³-hybridized carbons (Fsp3) is 0.438. The van der Waals surface area contributed by atoms with Gasteiger partial charge in [-0.25, -0.2) is 0 Å². The van der Waals surface area contributed by atoms with E-state index in [0.29, 0.717) is 21.9 Å². The van der Waals surface area contributed by atoms with Crippen LogP contribution in [0.1, 0.15) is 26.2 Å². The van der Waals surface area contributed by atoms with Gasteiger partial charge in [0.05, 0.1) is 5.75 Å². The minimum absolute atomic E-state index is 0.187. The maximum Gasteiger partial charge on any atom is 0.233 e. The molecule has 1 atom stereocenters. The Bertz CT molecular complexity index is 709. The van der Waals surface area contributed by atoms with E-state index in [9.17, 15) is 4.79 Å². The van der Waals surface area contributed by atoms with E-state index in [1.807, 2.05) is 29.2 Å². The number of piperidine rings is 1. The number of benzene rings is 1. The van der Waals surface area contributed by atoms with Crippen molar-refractivity contribution in [1.82, 2.24) is 15.1 Å². The van der Waals surface area contributed by atoms with Crippen LogP contribution in [0.4, 0.5) is 10.8 Å². The minimum Gasteiger partial charge on any atom is -0.339 e. The highest BCUT2D eigenvalue weighted by Gasteiger charge is 2.23. The molecular formula is C16H19ClN4OS2. The maximum absolute atomic E-state index is 12.3. The summed E-state index contributed by atoms with van der Waals surface area (Å²) >= 11 is 8.85. The number of amides is 1. The van der Waals surface area contributed by atoms with E-state index < -0.39 is 0 Å². The van der Waals surface area contributed by atoms with E-state index in [-0.39, 0.29) is 5.91 Å². The molecule has 3 rings (SSSR count). The first kappa shape index (κ1) is 17.5. The van der Waals surface area contributed by atoms with Crippen molar-refractivity contribution in [3.8, 4) is 0 Å². The summed E-state index contributed by atoms with van der Waals surface area (Å²) in [6.07, 6.45) is 3.42. The molecule has 1 amide bonds. The number of thioether (sulfide) groups is 1. The third-order valence-corrected chi connectivity index (χ3v) is 6.12. The first-order valence-corrected chi connectivity index (χ1v) is 10.1. The smallest absolute Gasteiger partial charge is 0.233 e. The fourth-order valence-electron chi connectivity index (χ4n) is 2.68. The average molecular weight is 383 g/mol. The van der Waals surface area contributed by atoms with E-state index in [2.05, 4.69) is 22.4 Å². The zero-order chi connectivity index (χ0) is 16.9. The van der Waals surface area contributed by atoms with Crippen molar-refractivity contribution >= 4 is 51.4 Å². The Kier molecular flexibility index (Phi) is 5.97. The highest BCUT2D eigenvalue weighted by atomic mass is 35.5. The summed E-state index contributed by atoms with van der Waals surface area (Å²) in [6.45, 7) is 3.00. The number of carbonyl (C=O) groups is 1. The maximum atomic E-state index is 12.3. The second kappa shape index (κ2) is 8.18. The van der Waals surface area contributed by atoms with Crippen LogP contribution in [0.3, 0.4) is 0 Å². The number of likely N-dealkylation sites (tertiary alicyclic amines) is 1. The first-order valence-electron chi connectivity index (χ1n) is 7.90. The second-order valence-electron chi connectivity index (χ2n) is 5.73. The molecule has 1 aliphatic rings. The Labute approximate surface area is 154 Å². The second-order valence-corrected chi connectivity index (χ2v) is 8.37. The van der Waals surface area contributed by atoms with Gasteiger partial charge in [-0.05, 0) is 44.4 Å². The molecule has 128 valence electrons. The molecular weight excluding hydrogens is 364 g/mol. The van der Waals surface area contributed by atoms with Crippen LogP contribution in [-0.2, 0) is 4.79 Å². The lowest BCUT2D eigenvalue weighted by Gasteiger charge is -2.33. The summed E-state index contributed by atoms with van der Waals surface area (Å²) in [6, 6.07) is 7.79. The third-order valence-electron chi connectivity index (χ3n) is 3.92. The molecule has 1 aromatic heterocycles. The molecule has 0 radical (unpaired) electrons. The Balaban J connectivity index is 1.53. The van der Waals surface area contributed by atoms with Gasteiger partial charge < -0.3 is 10.2 Å². The van der Waals surface area contributed by atoms with Crippen LogP contribution in [-0.4, -0.2) is 39.3 Å². The Morgan fingerprint density at radius 2 is 2.33 bits per heavy atom. The molecule has 0 unspecified atom stereocenters. The number of hydrogen-bond acceptors (Lipinski definition) is 6.